The van der Waals surface area contributed by atoms with E-state index in [0.29, 0.717) is 0 Å². The number of ether oxygens (including phenoxy) is 1. The molecule has 0 bridgehead atoms. The minimum absolute atomic E-state index is 0.278. The van der Waals surface area contributed by atoms with Gasteiger partial charge in [0.1, 0.15) is 0 Å². The van der Waals surface area contributed by atoms with Crippen molar-refractivity contribution in [3.8, 4) is 6.07 Å². The topological polar surface area (TPSA) is 36.3 Å². The van der Waals surface area contributed by atoms with E-state index in [1.165, 1.54) is 11.1 Å². The average Bonchev–Trinajstić information content (AvgIpc) is 3.11. The van der Waals surface area contributed by atoms with Crippen LogP contribution in [-0.2, 0) is 17.8 Å². The quantitative estimate of drug-likeness (QED) is 0.545. The first kappa shape index (κ1) is 19.6. The van der Waals surface area contributed by atoms with Crippen molar-refractivity contribution in [1.82, 2.24) is 4.90 Å². The molecule has 1 saturated heterocycles. The van der Waals surface area contributed by atoms with Gasteiger partial charge in [0.25, 0.3) is 0 Å². The van der Waals surface area contributed by atoms with Gasteiger partial charge in [-0.3, -0.25) is 4.90 Å². The van der Waals surface area contributed by atoms with Crippen molar-refractivity contribution in [2.24, 2.45) is 0 Å². The average molecular weight is 478 g/mol. The zero-order valence-electron chi connectivity index (χ0n) is 14.8. The summed E-state index contributed by atoms with van der Waals surface area (Å²) in [6, 6.07) is 14.7. The Balaban J connectivity index is 1.82. The molecule has 1 fully saturated rings. The fourth-order valence-corrected chi connectivity index (χ4v) is 4.29. The lowest BCUT2D eigenvalue weighted by molar-refractivity contribution is 0.0678. The maximum Gasteiger partial charge on any atom is 0.0995 e. The van der Waals surface area contributed by atoms with Crippen LogP contribution < -0.4 is 0 Å². The monoisotopic (exact) mass is 476 g/mol. The number of nitriles is 1. The van der Waals surface area contributed by atoms with Gasteiger partial charge in [-0.1, -0.05) is 50.1 Å². The van der Waals surface area contributed by atoms with Crippen LogP contribution >= 0.6 is 31.9 Å². The highest BCUT2D eigenvalue weighted by molar-refractivity contribution is 9.10. The molecule has 3 rings (SSSR count). The normalized spacial score (nSPS) is 16.8. The van der Waals surface area contributed by atoms with Crippen molar-refractivity contribution >= 4 is 31.9 Å². The van der Waals surface area contributed by atoms with Crippen molar-refractivity contribution < 1.29 is 4.74 Å². The second-order valence-electron chi connectivity index (χ2n) is 6.81. The first-order chi connectivity index (χ1) is 12.5. The molecule has 0 amide bonds. The third-order valence-electron chi connectivity index (χ3n) is 4.67. The lowest BCUT2D eigenvalue weighted by Crippen LogP contribution is -2.31. The van der Waals surface area contributed by atoms with Crippen molar-refractivity contribution in [3.05, 3.63) is 67.6 Å². The smallest absolute Gasteiger partial charge is 0.0995 e. The van der Waals surface area contributed by atoms with Gasteiger partial charge in [-0.25, -0.2) is 0 Å². The summed E-state index contributed by atoms with van der Waals surface area (Å²) in [5.41, 5.74) is 4.27. The lowest BCUT2D eigenvalue weighted by atomic mass is 10.1. The van der Waals surface area contributed by atoms with E-state index in [2.05, 4.69) is 68.0 Å². The molecule has 136 valence electrons. The number of hydrogen-bond acceptors (Lipinski definition) is 3. The Hall–Kier alpha value is -1.19. The second kappa shape index (κ2) is 9.14. The standard InChI is InChI=1S/C21H22Br2N2O/c1-15-4-5-17(21(23)9-15)13-25(14-20-3-2-8-26-20)12-16-6-7-19(22)10-18(16)11-24/h4-7,9-10,20H,2-3,8,12-14H2,1H3. The van der Waals surface area contributed by atoms with Crippen LogP contribution in [0.2, 0.25) is 0 Å². The molecule has 1 heterocycles. The molecule has 0 spiro atoms. The zero-order chi connectivity index (χ0) is 18.5. The molecule has 1 unspecified atom stereocenters. The van der Waals surface area contributed by atoms with Crippen molar-refractivity contribution in [1.29, 1.82) is 5.26 Å². The van der Waals surface area contributed by atoms with Crippen LogP contribution in [0.25, 0.3) is 0 Å². The van der Waals surface area contributed by atoms with E-state index in [-0.39, 0.29) is 6.10 Å². The molecule has 1 atom stereocenters. The first-order valence-corrected chi connectivity index (χ1v) is 10.4. The highest BCUT2D eigenvalue weighted by atomic mass is 79.9. The van der Waals surface area contributed by atoms with Crippen LogP contribution in [0.15, 0.2) is 45.3 Å². The van der Waals surface area contributed by atoms with E-state index in [4.69, 9.17) is 4.74 Å². The summed E-state index contributed by atoms with van der Waals surface area (Å²) in [5, 5.41) is 9.48. The first-order valence-electron chi connectivity index (χ1n) is 8.82. The van der Waals surface area contributed by atoms with E-state index in [1.54, 1.807) is 0 Å². The number of halogens is 2. The molecule has 5 heteroatoms. The number of benzene rings is 2. The Morgan fingerprint density at radius 3 is 2.62 bits per heavy atom. The van der Waals surface area contributed by atoms with Gasteiger partial charge in [0.15, 0.2) is 0 Å². The highest BCUT2D eigenvalue weighted by Gasteiger charge is 2.21. The van der Waals surface area contributed by atoms with Gasteiger partial charge >= 0.3 is 0 Å². The minimum atomic E-state index is 0.278. The van der Waals surface area contributed by atoms with Crippen LogP contribution in [0.3, 0.4) is 0 Å². The molecular weight excluding hydrogens is 456 g/mol. The molecule has 1 aliphatic rings. The van der Waals surface area contributed by atoms with Gasteiger partial charge in [0, 0.05) is 35.2 Å². The molecular formula is C21H22Br2N2O. The molecule has 26 heavy (non-hydrogen) atoms. The Labute approximate surface area is 172 Å². The molecule has 3 nitrogen and oxygen atoms in total. The maximum atomic E-state index is 9.48. The molecule has 1 aliphatic heterocycles. The number of hydrogen-bond donors (Lipinski definition) is 0. The third kappa shape index (κ3) is 5.17. The van der Waals surface area contributed by atoms with Crippen molar-refractivity contribution in [2.75, 3.05) is 13.2 Å². The largest absolute Gasteiger partial charge is 0.377 e. The van der Waals surface area contributed by atoms with Gasteiger partial charge in [-0.15, -0.1) is 0 Å². The van der Waals surface area contributed by atoms with Gasteiger partial charge < -0.3 is 4.74 Å². The molecule has 0 aliphatic carbocycles. The molecule has 0 aromatic heterocycles. The Morgan fingerprint density at radius 2 is 1.92 bits per heavy atom. The van der Waals surface area contributed by atoms with Crippen molar-refractivity contribution in [2.45, 2.75) is 39.0 Å². The molecule has 0 N–H and O–H groups in total. The number of rotatable bonds is 6. The summed E-state index contributed by atoms with van der Waals surface area (Å²) in [5.74, 6) is 0. The Bertz CT molecular complexity index is 810. The zero-order valence-corrected chi connectivity index (χ0v) is 18.0. The van der Waals surface area contributed by atoms with Crippen LogP contribution in [0.4, 0.5) is 0 Å². The van der Waals surface area contributed by atoms with Gasteiger partial charge in [0.05, 0.1) is 17.7 Å². The number of aryl methyl sites for hydroxylation is 1. The summed E-state index contributed by atoms with van der Waals surface area (Å²) in [7, 11) is 0. The predicted molar refractivity (Wildman–Crippen MR) is 111 cm³/mol. The second-order valence-corrected chi connectivity index (χ2v) is 8.58. The van der Waals surface area contributed by atoms with E-state index >= 15 is 0 Å². The van der Waals surface area contributed by atoms with E-state index in [1.807, 2.05) is 18.2 Å². The van der Waals surface area contributed by atoms with Crippen LogP contribution in [-0.4, -0.2) is 24.2 Å². The minimum Gasteiger partial charge on any atom is -0.377 e. The highest BCUT2D eigenvalue weighted by Crippen LogP contribution is 2.24. The molecule has 2 aromatic carbocycles. The van der Waals surface area contributed by atoms with E-state index in [0.717, 1.165) is 59.2 Å². The maximum absolute atomic E-state index is 9.48. The van der Waals surface area contributed by atoms with Crippen molar-refractivity contribution in [3.63, 3.8) is 0 Å². The van der Waals surface area contributed by atoms with Crippen LogP contribution in [0.5, 0.6) is 0 Å². The van der Waals surface area contributed by atoms with Gasteiger partial charge in [-0.05, 0) is 54.7 Å². The predicted octanol–water partition coefficient (Wildman–Crippen LogP) is 5.57. The lowest BCUT2D eigenvalue weighted by Gasteiger charge is -2.26. The summed E-state index contributed by atoms with van der Waals surface area (Å²) in [4.78, 5) is 2.38. The third-order valence-corrected chi connectivity index (χ3v) is 5.91. The van der Waals surface area contributed by atoms with Gasteiger partial charge in [-0.2, -0.15) is 5.26 Å². The molecule has 0 radical (unpaired) electrons. The Kier molecular flexibility index (Phi) is 6.88. The fraction of sp³-hybridized carbons (Fsp3) is 0.381. The molecule has 2 aromatic rings. The van der Waals surface area contributed by atoms with E-state index in [9.17, 15) is 5.26 Å². The summed E-state index contributed by atoms with van der Waals surface area (Å²) >= 11 is 7.15. The SMILES string of the molecule is Cc1ccc(CN(Cc2ccc(Br)cc2C#N)CC2CCCO2)c(Br)c1. The number of nitrogens with zero attached hydrogens (tertiary/aromatic N) is 2. The van der Waals surface area contributed by atoms with Gasteiger partial charge in [0.2, 0.25) is 0 Å². The molecule has 0 saturated carbocycles. The fourth-order valence-electron chi connectivity index (χ4n) is 3.31. The summed E-state index contributed by atoms with van der Waals surface area (Å²) in [6.45, 7) is 5.38. The summed E-state index contributed by atoms with van der Waals surface area (Å²) in [6.07, 6.45) is 2.52. The summed E-state index contributed by atoms with van der Waals surface area (Å²) < 4.78 is 7.92. The van der Waals surface area contributed by atoms with Crippen LogP contribution in [0, 0.1) is 18.3 Å². The van der Waals surface area contributed by atoms with E-state index < -0.39 is 0 Å². The Morgan fingerprint density at radius 1 is 1.15 bits per heavy atom. The van der Waals surface area contributed by atoms with Crippen LogP contribution in [0.1, 0.15) is 35.1 Å².